The second-order valence-corrected chi connectivity index (χ2v) is 4.87. The van der Waals surface area contributed by atoms with Crippen molar-refractivity contribution in [2.45, 2.75) is 19.9 Å². The zero-order valence-corrected chi connectivity index (χ0v) is 13.1. The third-order valence-electron chi connectivity index (χ3n) is 3.05. The van der Waals surface area contributed by atoms with E-state index in [1.807, 2.05) is 13.0 Å². The number of imide groups is 1. The van der Waals surface area contributed by atoms with Gasteiger partial charge in [-0.2, -0.15) is 0 Å². The minimum Gasteiger partial charge on any atom is -0.341 e. The van der Waals surface area contributed by atoms with Gasteiger partial charge in [0.15, 0.2) is 0 Å². The number of nitrogens with one attached hydrogen (secondary N) is 3. The smallest absolute Gasteiger partial charge is 0.321 e. The molecule has 120 valence electrons. The van der Waals surface area contributed by atoms with E-state index in [-0.39, 0.29) is 12.5 Å². The van der Waals surface area contributed by atoms with Crippen LogP contribution in [0.5, 0.6) is 0 Å². The summed E-state index contributed by atoms with van der Waals surface area (Å²) in [4.78, 5) is 40.5. The topological polar surface area (TPSA) is 103 Å². The minimum absolute atomic E-state index is 0.00203. The van der Waals surface area contributed by atoms with Gasteiger partial charge in [-0.25, -0.2) is 9.78 Å². The first-order chi connectivity index (χ1) is 10.3. The van der Waals surface area contributed by atoms with Crippen molar-refractivity contribution in [3.63, 3.8) is 0 Å². The maximum absolute atomic E-state index is 11.9. The van der Waals surface area contributed by atoms with Crippen molar-refractivity contribution >= 4 is 23.7 Å². The van der Waals surface area contributed by atoms with Gasteiger partial charge in [-0.1, -0.05) is 6.07 Å². The quantitative estimate of drug-likeness (QED) is 0.716. The Bertz CT molecular complexity index is 561. The highest BCUT2D eigenvalue weighted by Gasteiger charge is 2.21. The minimum atomic E-state index is -0.631. The Balaban J connectivity index is 2.52. The molecule has 0 spiro atoms. The molecule has 1 heterocycles. The fraction of sp³-hybridized carbons (Fsp3) is 0.429. The number of aromatic nitrogens is 1. The van der Waals surface area contributed by atoms with Crippen molar-refractivity contribution in [1.82, 2.24) is 20.5 Å². The third-order valence-corrected chi connectivity index (χ3v) is 3.05. The highest BCUT2D eigenvalue weighted by atomic mass is 16.2. The monoisotopic (exact) mass is 307 g/mol. The summed E-state index contributed by atoms with van der Waals surface area (Å²) in [6.45, 7) is 3.43. The molecule has 0 saturated carbocycles. The van der Waals surface area contributed by atoms with Gasteiger partial charge in [-0.15, -0.1) is 0 Å². The van der Waals surface area contributed by atoms with Gasteiger partial charge >= 0.3 is 6.03 Å². The van der Waals surface area contributed by atoms with E-state index in [1.54, 1.807) is 26.1 Å². The molecule has 3 N–H and O–H groups in total. The van der Waals surface area contributed by atoms with E-state index in [1.165, 1.54) is 11.9 Å². The molecule has 0 aliphatic heterocycles. The number of amides is 4. The van der Waals surface area contributed by atoms with Crippen molar-refractivity contribution in [1.29, 1.82) is 0 Å². The summed E-state index contributed by atoms with van der Waals surface area (Å²) in [5.74, 6) is -0.315. The first kappa shape index (κ1) is 17.6. The highest BCUT2D eigenvalue weighted by Crippen LogP contribution is 2.04. The fourth-order valence-corrected chi connectivity index (χ4v) is 1.64. The largest absolute Gasteiger partial charge is 0.341 e. The summed E-state index contributed by atoms with van der Waals surface area (Å²) < 4.78 is 0. The molecule has 0 unspecified atom stereocenters. The Labute approximate surface area is 129 Å². The van der Waals surface area contributed by atoms with E-state index < -0.39 is 18.0 Å². The molecule has 1 atom stereocenters. The van der Waals surface area contributed by atoms with Gasteiger partial charge in [0.1, 0.15) is 5.82 Å². The molecule has 0 radical (unpaired) electrons. The number of nitrogens with zero attached hydrogens (tertiary/aromatic N) is 2. The Kier molecular flexibility index (Phi) is 6.46. The predicted octanol–water partition coefficient (Wildman–Crippen LogP) is 0.104. The molecule has 0 aliphatic rings. The summed E-state index contributed by atoms with van der Waals surface area (Å²) >= 11 is 0. The van der Waals surface area contributed by atoms with Crippen LogP contribution in [0.4, 0.5) is 10.6 Å². The van der Waals surface area contributed by atoms with Crippen LogP contribution >= 0.6 is 0 Å². The van der Waals surface area contributed by atoms with Gasteiger partial charge in [0.2, 0.25) is 11.8 Å². The zero-order valence-electron chi connectivity index (χ0n) is 13.1. The molecule has 0 aliphatic carbocycles. The summed E-state index contributed by atoms with van der Waals surface area (Å²) in [7, 11) is 3.04. The standard InChI is InChI=1S/C14H21N5O3/c1-9-6-5-7-11(16-9)17-12(20)8-19(4)10(2)13(21)18-14(22)15-3/h5-7,10H,8H2,1-4H3,(H,16,17,20)(H2,15,18,21,22)/t10-/m1/s1. The fourth-order valence-electron chi connectivity index (χ4n) is 1.64. The van der Waals surface area contributed by atoms with Gasteiger partial charge in [0, 0.05) is 12.7 Å². The number of hydrogen-bond donors (Lipinski definition) is 3. The number of urea groups is 1. The molecular formula is C14H21N5O3. The molecule has 8 heteroatoms. The third kappa shape index (κ3) is 5.49. The first-order valence-corrected chi connectivity index (χ1v) is 6.79. The molecule has 4 amide bonds. The van der Waals surface area contributed by atoms with Crippen LogP contribution in [0.15, 0.2) is 18.2 Å². The lowest BCUT2D eigenvalue weighted by Crippen LogP contribution is -2.49. The van der Waals surface area contributed by atoms with Crippen molar-refractivity contribution in [3.8, 4) is 0 Å². The second-order valence-electron chi connectivity index (χ2n) is 4.87. The number of hydrogen-bond acceptors (Lipinski definition) is 5. The van der Waals surface area contributed by atoms with Crippen molar-refractivity contribution in [2.75, 3.05) is 26.0 Å². The number of pyridine rings is 1. The first-order valence-electron chi connectivity index (χ1n) is 6.79. The van der Waals surface area contributed by atoms with Gasteiger partial charge in [0.25, 0.3) is 0 Å². The number of anilines is 1. The lowest BCUT2D eigenvalue weighted by molar-refractivity contribution is -0.125. The molecule has 8 nitrogen and oxygen atoms in total. The zero-order chi connectivity index (χ0) is 16.7. The van der Waals surface area contributed by atoms with Crippen LogP contribution in [0.2, 0.25) is 0 Å². The van der Waals surface area contributed by atoms with E-state index >= 15 is 0 Å². The van der Waals surface area contributed by atoms with Gasteiger partial charge in [-0.3, -0.25) is 19.8 Å². The van der Waals surface area contributed by atoms with Crippen LogP contribution in [-0.2, 0) is 9.59 Å². The van der Waals surface area contributed by atoms with Crippen LogP contribution in [0.3, 0.4) is 0 Å². The molecular weight excluding hydrogens is 286 g/mol. The van der Waals surface area contributed by atoms with Crippen LogP contribution < -0.4 is 16.0 Å². The summed E-state index contributed by atoms with van der Waals surface area (Å²) in [5.41, 5.74) is 0.796. The number of aryl methyl sites for hydroxylation is 1. The van der Waals surface area contributed by atoms with E-state index in [0.717, 1.165) is 5.69 Å². The maximum atomic E-state index is 11.9. The van der Waals surface area contributed by atoms with Crippen LogP contribution in [-0.4, -0.2) is 54.4 Å². The summed E-state index contributed by atoms with van der Waals surface area (Å²) in [6, 6.07) is 4.09. The van der Waals surface area contributed by atoms with E-state index in [0.29, 0.717) is 5.82 Å². The van der Waals surface area contributed by atoms with Crippen molar-refractivity contribution in [3.05, 3.63) is 23.9 Å². The average Bonchev–Trinajstić information content (AvgIpc) is 2.45. The summed E-state index contributed by atoms with van der Waals surface area (Å²) in [5, 5.41) is 7.11. The van der Waals surface area contributed by atoms with Crippen molar-refractivity contribution in [2.24, 2.45) is 0 Å². The number of likely N-dealkylation sites (N-methyl/N-ethyl adjacent to an activating group) is 1. The Hall–Kier alpha value is -2.48. The van der Waals surface area contributed by atoms with E-state index in [4.69, 9.17) is 0 Å². The predicted molar refractivity (Wildman–Crippen MR) is 82.3 cm³/mol. The molecule has 0 saturated heterocycles. The second kappa shape index (κ2) is 8.08. The van der Waals surface area contributed by atoms with Gasteiger partial charge in [0.05, 0.1) is 12.6 Å². The molecule has 0 fully saturated rings. The number of rotatable bonds is 5. The normalized spacial score (nSPS) is 11.7. The maximum Gasteiger partial charge on any atom is 0.321 e. The van der Waals surface area contributed by atoms with Crippen LogP contribution in [0.1, 0.15) is 12.6 Å². The lowest BCUT2D eigenvalue weighted by atomic mass is 10.2. The van der Waals surface area contributed by atoms with E-state index in [2.05, 4.69) is 20.9 Å². The van der Waals surface area contributed by atoms with Crippen molar-refractivity contribution < 1.29 is 14.4 Å². The molecule has 1 aromatic rings. The molecule has 1 rings (SSSR count). The Morgan fingerprint density at radius 2 is 2.00 bits per heavy atom. The highest BCUT2D eigenvalue weighted by molar-refractivity contribution is 5.97. The van der Waals surface area contributed by atoms with Gasteiger partial charge < -0.3 is 10.6 Å². The van der Waals surface area contributed by atoms with Gasteiger partial charge in [-0.05, 0) is 33.0 Å². The van der Waals surface area contributed by atoms with Crippen LogP contribution in [0.25, 0.3) is 0 Å². The van der Waals surface area contributed by atoms with Crippen LogP contribution in [0, 0.1) is 6.92 Å². The average molecular weight is 307 g/mol. The summed E-state index contributed by atoms with van der Waals surface area (Å²) in [6.07, 6.45) is 0. The molecule has 0 aromatic carbocycles. The molecule has 1 aromatic heterocycles. The number of carbonyl (C=O) groups excluding carboxylic acids is 3. The number of carbonyl (C=O) groups is 3. The SMILES string of the molecule is CNC(=O)NC(=O)[C@@H](C)N(C)CC(=O)Nc1cccc(C)n1. The molecule has 22 heavy (non-hydrogen) atoms. The molecule has 0 bridgehead atoms. The van der Waals surface area contributed by atoms with E-state index in [9.17, 15) is 14.4 Å². The Morgan fingerprint density at radius 1 is 1.32 bits per heavy atom. The lowest BCUT2D eigenvalue weighted by Gasteiger charge is -2.22. The Morgan fingerprint density at radius 3 is 2.59 bits per heavy atom.